The Morgan fingerprint density at radius 2 is 2.38 bits per heavy atom. The van der Waals surface area contributed by atoms with Gasteiger partial charge in [0.2, 0.25) is 0 Å². The monoisotopic (exact) mass is 241 g/mol. The first-order valence-electron chi connectivity index (χ1n) is 5.69. The molecule has 1 aromatic rings. The van der Waals surface area contributed by atoms with Gasteiger partial charge in [-0.2, -0.15) is 11.8 Å². The van der Waals surface area contributed by atoms with Crippen molar-refractivity contribution in [3.8, 4) is 0 Å². The second-order valence-electron chi connectivity index (χ2n) is 4.29. The fourth-order valence-corrected chi connectivity index (χ4v) is 3.41. The summed E-state index contributed by atoms with van der Waals surface area (Å²) in [5, 5.41) is 7.84. The Hall–Kier alpha value is -0.590. The van der Waals surface area contributed by atoms with E-state index in [1.807, 2.05) is 7.05 Å². The van der Waals surface area contributed by atoms with Crippen LogP contribution in [0, 0.1) is 5.92 Å². The van der Waals surface area contributed by atoms with E-state index >= 15 is 0 Å². The summed E-state index contributed by atoms with van der Waals surface area (Å²) < 4.78 is 1.79. The predicted octanol–water partition coefficient (Wildman–Crippen LogP) is 0.853. The Balaban J connectivity index is 1.97. The lowest BCUT2D eigenvalue weighted by Gasteiger charge is -2.25. The van der Waals surface area contributed by atoms with E-state index in [4.69, 9.17) is 5.84 Å². The fraction of sp³-hybridized carbons (Fsp3) is 0.800. The smallest absolute Gasteiger partial charge is 0.0766 e. The first-order valence-corrected chi connectivity index (χ1v) is 6.85. The number of nitrogens with one attached hydrogen (secondary N) is 1. The second kappa shape index (κ2) is 5.65. The maximum atomic E-state index is 5.63. The van der Waals surface area contributed by atoms with Gasteiger partial charge < -0.3 is 0 Å². The SMILES string of the molecule is Cn1nncc1C(CC1CCSCC1)NN. The minimum Gasteiger partial charge on any atom is -0.271 e. The van der Waals surface area contributed by atoms with Crippen molar-refractivity contribution in [3.05, 3.63) is 11.9 Å². The van der Waals surface area contributed by atoms with Crippen LogP contribution in [-0.2, 0) is 7.05 Å². The van der Waals surface area contributed by atoms with Crippen molar-refractivity contribution in [1.82, 2.24) is 20.4 Å². The van der Waals surface area contributed by atoms with E-state index in [1.165, 1.54) is 24.3 Å². The summed E-state index contributed by atoms with van der Waals surface area (Å²) in [4.78, 5) is 0. The molecule has 5 nitrogen and oxygen atoms in total. The standard InChI is InChI=1S/C10H19N5S/c1-15-10(7-12-14-15)9(13-11)6-8-2-4-16-5-3-8/h7-9,13H,2-6,11H2,1H3. The maximum absolute atomic E-state index is 5.63. The lowest BCUT2D eigenvalue weighted by molar-refractivity contribution is 0.361. The number of aryl methyl sites for hydroxylation is 1. The first-order chi connectivity index (χ1) is 7.81. The Labute approximate surface area is 100 Å². The highest BCUT2D eigenvalue weighted by atomic mass is 32.2. The largest absolute Gasteiger partial charge is 0.271 e. The van der Waals surface area contributed by atoms with Crippen molar-refractivity contribution in [3.63, 3.8) is 0 Å². The third kappa shape index (κ3) is 2.75. The number of thioether (sulfide) groups is 1. The van der Waals surface area contributed by atoms with Crippen LogP contribution < -0.4 is 11.3 Å². The summed E-state index contributed by atoms with van der Waals surface area (Å²) in [6.07, 6.45) is 5.47. The average molecular weight is 241 g/mol. The highest BCUT2D eigenvalue weighted by Gasteiger charge is 2.21. The minimum absolute atomic E-state index is 0.174. The van der Waals surface area contributed by atoms with Crippen LogP contribution in [-0.4, -0.2) is 26.5 Å². The molecule has 0 radical (unpaired) electrons. The van der Waals surface area contributed by atoms with Gasteiger partial charge in [-0.3, -0.25) is 16.0 Å². The number of hydrazine groups is 1. The highest BCUT2D eigenvalue weighted by Crippen LogP contribution is 2.30. The van der Waals surface area contributed by atoms with Crippen molar-refractivity contribution >= 4 is 11.8 Å². The quantitative estimate of drug-likeness (QED) is 0.604. The van der Waals surface area contributed by atoms with Crippen LogP contribution in [0.25, 0.3) is 0 Å². The number of nitrogens with two attached hydrogens (primary N) is 1. The van der Waals surface area contributed by atoms with Crippen LogP contribution >= 0.6 is 11.8 Å². The van der Waals surface area contributed by atoms with Crippen molar-refractivity contribution in [2.75, 3.05) is 11.5 Å². The molecule has 1 fully saturated rings. The van der Waals surface area contributed by atoms with Crippen LogP contribution in [0.1, 0.15) is 31.0 Å². The van der Waals surface area contributed by atoms with Crippen LogP contribution in [0.3, 0.4) is 0 Å². The molecule has 0 spiro atoms. The zero-order valence-corrected chi connectivity index (χ0v) is 10.4. The molecular weight excluding hydrogens is 222 g/mol. The normalized spacial score (nSPS) is 19.9. The molecule has 0 amide bonds. The van der Waals surface area contributed by atoms with Gasteiger partial charge in [0.05, 0.1) is 17.9 Å². The van der Waals surface area contributed by atoms with Gasteiger partial charge in [-0.25, -0.2) is 0 Å². The summed E-state index contributed by atoms with van der Waals surface area (Å²) in [6.45, 7) is 0. The van der Waals surface area contributed by atoms with Crippen LogP contribution in [0.2, 0.25) is 0 Å². The third-order valence-electron chi connectivity index (χ3n) is 3.22. The van der Waals surface area contributed by atoms with Gasteiger partial charge in [0.25, 0.3) is 0 Å². The van der Waals surface area contributed by atoms with Crippen molar-refractivity contribution in [1.29, 1.82) is 0 Å². The van der Waals surface area contributed by atoms with Crippen molar-refractivity contribution in [2.45, 2.75) is 25.3 Å². The van der Waals surface area contributed by atoms with Gasteiger partial charge in [-0.05, 0) is 36.7 Å². The topological polar surface area (TPSA) is 68.8 Å². The molecule has 0 bridgehead atoms. The summed E-state index contributed by atoms with van der Waals surface area (Å²) in [6, 6.07) is 0.174. The number of hydrogen-bond acceptors (Lipinski definition) is 5. The molecule has 2 heterocycles. The molecule has 6 heteroatoms. The van der Waals surface area contributed by atoms with Gasteiger partial charge in [-0.1, -0.05) is 5.21 Å². The predicted molar refractivity (Wildman–Crippen MR) is 65.7 cm³/mol. The van der Waals surface area contributed by atoms with E-state index in [-0.39, 0.29) is 6.04 Å². The summed E-state index contributed by atoms with van der Waals surface area (Å²) in [7, 11) is 1.91. The van der Waals surface area contributed by atoms with Crippen molar-refractivity contribution < 1.29 is 0 Å². The number of rotatable bonds is 4. The van der Waals surface area contributed by atoms with Gasteiger partial charge in [0, 0.05) is 7.05 Å². The average Bonchev–Trinajstić information content (AvgIpc) is 2.74. The molecule has 0 saturated carbocycles. The molecule has 16 heavy (non-hydrogen) atoms. The van der Waals surface area contributed by atoms with Gasteiger partial charge in [0.15, 0.2) is 0 Å². The molecule has 1 atom stereocenters. The van der Waals surface area contributed by atoms with Crippen LogP contribution in [0.15, 0.2) is 6.20 Å². The molecule has 1 aromatic heterocycles. The molecule has 1 aliphatic rings. The number of aromatic nitrogens is 3. The molecule has 0 aromatic carbocycles. The zero-order chi connectivity index (χ0) is 11.4. The van der Waals surface area contributed by atoms with E-state index in [1.54, 1.807) is 10.9 Å². The Bertz CT molecular complexity index is 321. The van der Waals surface area contributed by atoms with Gasteiger partial charge in [-0.15, -0.1) is 5.10 Å². The number of nitrogens with zero attached hydrogens (tertiary/aromatic N) is 3. The van der Waals surface area contributed by atoms with Crippen LogP contribution in [0.5, 0.6) is 0 Å². The second-order valence-corrected chi connectivity index (χ2v) is 5.52. The minimum atomic E-state index is 0.174. The van der Waals surface area contributed by atoms with E-state index in [0.717, 1.165) is 18.0 Å². The molecule has 3 N–H and O–H groups in total. The van der Waals surface area contributed by atoms with E-state index in [2.05, 4.69) is 27.5 Å². The molecule has 1 aliphatic heterocycles. The zero-order valence-electron chi connectivity index (χ0n) is 9.59. The Morgan fingerprint density at radius 3 is 2.94 bits per heavy atom. The maximum Gasteiger partial charge on any atom is 0.0766 e. The Morgan fingerprint density at radius 1 is 1.62 bits per heavy atom. The van der Waals surface area contributed by atoms with Crippen molar-refractivity contribution in [2.24, 2.45) is 18.8 Å². The lowest BCUT2D eigenvalue weighted by atomic mass is 9.93. The van der Waals surface area contributed by atoms with Crippen LogP contribution in [0.4, 0.5) is 0 Å². The molecule has 0 aliphatic carbocycles. The lowest BCUT2D eigenvalue weighted by Crippen LogP contribution is -2.31. The fourth-order valence-electron chi connectivity index (χ4n) is 2.20. The van der Waals surface area contributed by atoms with E-state index in [0.29, 0.717) is 0 Å². The number of hydrogen-bond donors (Lipinski definition) is 2. The Kier molecular flexibility index (Phi) is 4.20. The van der Waals surface area contributed by atoms with E-state index in [9.17, 15) is 0 Å². The summed E-state index contributed by atoms with van der Waals surface area (Å²) >= 11 is 2.05. The summed E-state index contributed by atoms with van der Waals surface area (Å²) in [5.74, 6) is 8.97. The molecule has 1 unspecified atom stereocenters. The highest BCUT2D eigenvalue weighted by molar-refractivity contribution is 7.99. The molecular formula is C10H19N5S. The molecule has 2 rings (SSSR count). The molecule has 90 valence electrons. The van der Waals surface area contributed by atoms with E-state index < -0.39 is 0 Å². The molecule has 1 saturated heterocycles. The first kappa shape index (κ1) is 11.9. The summed E-state index contributed by atoms with van der Waals surface area (Å²) in [5.41, 5.74) is 3.96. The van der Waals surface area contributed by atoms with Gasteiger partial charge in [0.1, 0.15) is 0 Å². The third-order valence-corrected chi connectivity index (χ3v) is 4.27. The van der Waals surface area contributed by atoms with Gasteiger partial charge >= 0.3 is 0 Å².